The number of nitrogens with two attached hydrogens (primary N) is 1. The lowest BCUT2D eigenvalue weighted by atomic mass is 9.68. The molecular weight excluding hydrogens is 565 g/mol. The van der Waals surface area contributed by atoms with Crippen LogP contribution in [-0.2, 0) is 16.0 Å². The number of aromatic nitrogens is 2. The summed E-state index contributed by atoms with van der Waals surface area (Å²) in [7, 11) is 0. The van der Waals surface area contributed by atoms with Crippen molar-refractivity contribution in [1.82, 2.24) is 10.2 Å². The van der Waals surface area contributed by atoms with Gasteiger partial charge in [0.1, 0.15) is 5.82 Å². The van der Waals surface area contributed by atoms with Crippen molar-refractivity contribution in [1.29, 1.82) is 5.26 Å². The monoisotopic (exact) mass is 598 g/mol. The Morgan fingerprint density at radius 1 is 1.19 bits per heavy atom. The number of anilines is 2. The third-order valence-corrected chi connectivity index (χ3v) is 9.71. The highest BCUT2D eigenvalue weighted by atomic mass is 32.2. The largest absolute Gasteiger partial charge is 0.384 e. The Kier molecular flexibility index (Phi) is 8.26. The number of Topliss-reactive ketones (excluding diaryl/α,β-unsaturated/α-hetero) is 1. The van der Waals surface area contributed by atoms with Crippen molar-refractivity contribution < 1.29 is 9.59 Å². The van der Waals surface area contributed by atoms with Crippen molar-refractivity contribution in [3.63, 3.8) is 0 Å². The SMILES string of the molecule is CCc1ccc(C2C(C#N)=C(N)N(c3nnc(SCC(=O)Nc4ccc(C)cc4C)s3)C3=C2C(=O)CC(C)(C)C3)cc1. The summed E-state index contributed by atoms with van der Waals surface area (Å²) in [5.41, 5.74) is 13.1. The van der Waals surface area contributed by atoms with Crippen LogP contribution in [0.4, 0.5) is 10.8 Å². The maximum absolute atomic E-state index is 13.7. The average Bonchev–Trinajstić information content (AvgIpc) is 3.40. The molecule has 0 bridgehead atoms. The molecule has 1 atom stereocenters. The van der Waals surface area contributed by atoms with E-state index >= 15 is 0 Å². The van der Waals surface area contributed by atoms with Gasteiger partial charge in [0, 0.05) is 23.4 Å². The third-order valence-electron chi connectivity index (χ3n) is 7.67. The molecule has 0 saturated carbocycles. The first-order valence-electron chi connectivity index (χ1n) is 13.9. The normalized spacial score (nSPS) is 18.1. The highest BCUT2D eigenvalue weighted by Crippen LogP contribution is 2.50. The summed E-state index contributed by atoms with van der Waals surface area (Å²) in [6, 6.07) is 16.2. The van der Waals surface area contributed by atoms with E-state index in [1.54, 1.807) is 4.90 Å². The van der Waals surface area contributed by atoms with Crippen LogP contribution < -0.4 is 16.0 Å². The average molecular weight is 599 g/mol. The number of allylic oxidation sites excluding steroid dienone is 3. The first-order chi connectivity index (χ1) is 20.0. The van der Waals surface area contributed by atoms with Crippen molar-refractivity contribution in [3.05, 3.63) is 87.4 Å². The second-order valence-corrected chi connectivity index (χ2v) is 13.8. The van der Waals surface area contributed by atoms with Gasteiger partial charge in [0.05, 0.1) is 23.3 Å². The number of carbonyl (C=O) groups excluding carboxylic acids is 2. The number of thioether (sulfide) groups is 1. The number of benzene rings is 2. The molecule has 8 nitrogen and oxygen atoms in total. The molecule has 0 saturated heterocycles. The lowest BCUT2D eigenvalue weighted by Gasteiger charge is -2.42. The van der Waals surface area contributed by atoms with Crippen LogP contribution in [0.1, 0.15) is 61.8 Å². The Morgan fingerprint density at radius 3 is 2.60 bits per heavy atom. The van der Waals surface area contributed by atoms with Gasteiger partial charge in [-0.15, -0.1) is 10.2 Å². The van der Waals surface area contributed by atoms with Gasteiger partial charge < -0.3 is 11.1 Å². The zero-order valence-corrected chi connectivity index (χ0v) is 26.1. The first kappa shape index (κ1) is 29.5. The molecule has 0 fully saturated rings. The van der Waals surface area contributed by atoms with Crippen molar-refractivity contribution in [2.24, 2.45) is 11.1 Å². The van der Waals surface area contributed by atoms with Crippen molar-refractivity contribution in [2.75, 3.05) is 16.0 Å². The van der Waals surface area contributed by atoms with Gasteiger partial charge in [0.15, 0.2) is 10.1 Å². The van der Waals surface area contributed by atoms with Gasteiger partial charge >= 0.3 is 0 Å². The zero-order chi connectivity index (χ0) is 30.2. The van der Waals surface area contributed by atoms with E-state index in [0.717, 1.165) is 34.5 Å². The van der Waals surface area contributed by atoms with Crippen molar-refractivity contribution in [3.8, 4) is 6.07 Å². The standard InChI is InChI=1S/C32H34N6O2S2/c1-6-20-8-10-21(11-9-20)27-22(16-33)29(34)38(24-14-32(4,5)15-25(39)28(24)27)30-36-37-31(42-30)41-17-26(40)35-23-12-7-18(2)13-19(23)3/h7-13,27H,6,14-15,17,34H2,1-5H3,(H,35,40). The lowest BCUT2D eigenvalue weighted by molar-refractivity contribution is -0.118. The van der Waals surface area contributed by atoms with E-state index in [9.17, 15) is 14.9 Å². The summed E-state index contributed by atoms with van der Waals surface area (Å²) >= 11 is 2.57. The van der Waals surface area contributed by atoms with Crippen LogP contribution in [-0.4, -0.2) is 27.6 Å². The summed E-state index contributed by atoms with van der Waals surface area (Å²) < 4.78 is 0.591. The molecule has 1 amide bonds. The fourth-order valence-electron chi connectivity index (χ4n) is 5.63. The Balaban J connectivity index is 1.45. The van der Waals surface area contributed by atoms with Gasteiger partial charge in [-0.25, -0.2) is 0 Å². The van der Waals surface area contributed by atoms with Crippen LogP contribution in [0.25, 0.3) is 0 Å². The van der Waals surface area contributed by atoms with Gasteiger partial charge in [-0.1, -0.05) is 85.8 Å². The molecule has 1 aliphatic carbocycles. The minimum absolute atomic E-state index is 0.0123. The van der Waals surface area contributed by atoms with Crippen LogP contribution in [0.2, 0.25) is 0 Å². The van der Waals surface area contributed by atoms with E-state index < -0.39 is 5.92 Å². The minimum Gasteiger partial charge on any atom is -0.384 e. The number of ketones is 1. The van der Waals surface area contributed by atoms with Crippen LogP contribution in [0.15, 0.2) is 69.5 Å². The molecule has 42 heavy (non-hydrogen) atoms. The molecule has 2 heterocycles. The lowest BCUT2D eigenvalue weighted by Crippen LogP contribution is -2.42. The molecule has 5 rings (SSSR count). The Bertz CT molecular complexity index is 1660. The molecule has 1 aliphatic heterocycles. The summed E-state index contributed by atoms with van der Waals surface area (Å²) in [6.45, 7) is 10.2. The predicted octanol–water partition coefficient (Wildman–Crippen LogP) is 6.39. The topological polar surface area (TPSA) is 125 Å². The molecule has 0 radical (unpaired) electrons. The summed E-state index contributed by atoms with van der Waals surface area (Å²) in [6.07, 6.45) is 1.87. The number of hydrogen-bond donors (Lipinski definition) is 2. The second-order valence-electron chi connectivity index (χ2n) is 11.6. The van der Waals surface area contributed by atoms with E-state index in [1.165, 1.54) is 28.7 Å². The molecule has 3 N–H and O–H groups in total. The number of carbonyl (C=O) groups is 2. The van der Waals surface area contributed by atoms with E-state index in [1.807, 2.05) is 56.3 Å². The van der Waals surface area contributed by atoms with Crippen LogP contribution in [0, 0.1) is 30.6 Å². The Morgan fingerprint density at radius 2 is 1.93 bits per heavy atom. The molecule has 10 heteroatoms. The number of nitrogens with one attached hydrogen (secondary N) is 1. The predicted molar refractivity (Wildman–Crippen MR) is 168 cm³/mol. The van der Waals surface area contributed by atoms with Crippen LogP contribution in [0.5, 0.6) is 0 Å². The molecule has 3 aromatic rings. The first-order valence-corrected chi connectivity index (χ1v) is 15.7. The summed E-state index contributed by atoms with van der Waals surface area (Å²) in [5.74, 6) is -0.253. The number of nitriles is 1. The second kappa shape index (κ2) is 11.7. The van der Waals surface area contributed by atoms with Crippen molar-refractivity contribution >= 4 is 45.6 Å². The van der Waals surface area contributed by atoms with E-state index in [-0.39, 0.29) is 28.7 Å². The third kappa shape index (κ3) is 5.85. The molecule has 1 unspecified atom stereocenters. The van der Waals surface area contributed by atoms with Gasteiger partial charge in [-0.3, -0.25) is 14.5 Å². The van der Waals surface area contributed by atoms with Crippen LogP contribution >= 0.6 is 23.1 Å². The molecular formula is C32H34N6O2S2. The number of hydrogen-bond acceptors (Lipinski definition) is 9. The molecule has 216 valence electrons. The van der Waals surface area contributed by atoms with E-state index in [2.05, 4.69) is 42.4 Å². The maximum Gasteiger partial charge on any atom is 0.234 e. The fraction of sp³-hybridized carbons (Fsp3) is 0.344. The Hall–Kier alpha value is -3.94. The molecule has 2 aromatic carbocycles. The smallest absolute Gasteiger partial charge is 0.234 e. The quantitative estimate of drug-likeness (QED) is 0.300. The Labute approximate surface area is 254 Å². The fourth-order valence-corrected chi connectivity index (χ4v) is 7.31. The summed E-state index contributed by atoms with van der Waals surface area (Å²) in [4.78, 5) is 28.1. The number of amides is 1. The molecule has 1 aromatic heterocycles. The number of aryl methyl sites for hydroxylation is 3. The minimum atomic E-state index is -0.536. The number of rotatable bonds is 7. The molecule has 0 spiro atoms. The van der Waals surface area contributed by atoms with Crippen molar-refractivity contribution in [2.45, 2.75) is 64.1 Å². The highest BCUT2D eigenvalue weighted by Gasteiger charge is 2.45. The summed E-state index contributed by atoms with van der Waals surface area (Å²) in [5, 5.41) is 22.5. The van der Waals surface area contributed by atoms with Gasteiger partial charge in [0.25, 0.3) is 0 Å². The zero-order valence-electron chi connectivity index (χ0n) is 24.4. The van der Waals surface area contributed by atoms with E-state index in [0.29, 0.717) is 33.5 Å². The van der Waals surface area contributed by atoms with Crippen LogP contribution in [0.3, 0.4) is 0 Å². The maximum atomic E-state index is 13.7. The van der Waals surface area contributed by atoms with Gasteiger partial charge in [-0.05, 0) is 54.9 Å². The van der Waals surface area contributed by atoms with E-state index in [4.69, 9.17) is 5.73 Å². The number of nitrogens with zero attached hydrogens (tertiary/aromatic N) is 4. The van der Waals surface area contributed by atoms with Gasteiger partial charge in [-0.2, -0.15) is 5.26 Å². The van der Waals surface area contributed by atoms with Gasteiger partial charge in [0.2, 0.25) is 11.0 Å². The molecule has 2 aliphatic rings. The highest BCUT2D eigenvalue weighted by molar-refractivity contribution is 8.01.